The lowest BCUT2D eigenvalue weighted by Crippen LogP contribution is -2.41. The third kappa shape index (κ3) is 2.20. The van der Waals surface area contributed by atoms with Crippen molar-refractivity contribution in [3.63, 3.8) is 0 Å². The standard InChI is InChI=1S/C10H20O2/c1-10(2,3)8-5-6-12-7-9(8)11-4/h8-9H,5-7H2,1-4H3/t8?,9-/m1/s1. The first-order valence-corrected chi connectivity index (χ1v) is 4.66. The lowest BCUT2D eigenvalue weighted by atomic mass is 9.75. The van der Waals surface area contributed by atoms with E-state index in [9.17, 15) is 0 Å². The Kier molecular flexibility index (Phi) is 3.13. The van der Waals surface area contributed by atoms with Gasteiger partial charge in [0.2, 0.25) is 0 Å². The molecule has 1 rings (SSSR count). The van der Waals surface area contributed by atoms with E-state index in [2.05, 4.69) is 20.8 Å². The number of rotatable bonds is 1. The van der Waals surface area contributed by atoms with Gasteiger partial charge in [-0.2, -0.15) is 0 Å². The largest absolute Gasteiger partial charge is 0.379 e. The highest BCUT2D eigenvalue weighted by Gasteiger charge is 2.34. The van der Waals surface area contributed by atoms with Crippen molar-refractivity contribution in [1.29, 1.82) is 0 Å². The molecule has 2 atom stereocenters. The van der Waals surface area contributed by atoms with Gasteiger partial charge in [-0.15, -0.1) is 0 Å². The van der Waals surface area contributed by atoms with Crippen LogP contribution in [0, 0.1) is 11.3 Å². The van der Waals surface area contributed by atoms with Crippen LogP contribution in [0.25, 0.3) is 0 Å². The first kappa shape index (κ1) is 10.0. The van der Waals surface area contributed by atoms with Gasteiger partial charge in [0, 0.05) is 13.7 Å². The highest BCUT2D eigenvalue weighted by Crippen LogP contribution is 2.34. The second-order valence-electron chi connectivity index (χ2n) is 4.61. The van der Waals surface area contributed by atoms with E-state index < -0.39 is 0 Å². The van der Waals surface area contributed by atoms with Crippen molar-refractivity contribution < 1.29 is 9.47 Å². The summed E-state index contributed by atoms with van der Waals surface area (Å²) in [5.74, 6) is 0.635. The summed E-state index contributed by atoms with van der Waals surface area (Å²) in [7, 11) is 1.78. The summed E-state index contributed by atoms with van der Waals surface area (Å²) in [6.45, 7) is 8.47. The lowest BCUT2D eigenvalue weighted by Gasteiger charge is -2.39. The van der Waals surface area contributed by atoms with E-state index in [-0.39, 0.29) is 0 Å². The molecule has 0 amide bonds. The van der Waals surface area contributed by atoms with Crippen molar-refractivity contribution in [2.45, 2.75) is 33.3 Å². The summed E-state index contributed by atoms with van der Waals surface area (Å²) < 4.78 is 10.8. The zero-order chi connectivity index (χ0) is 9.19. The Bertz CT molecular complexity index is 137. The minimum atomic E-state index is 0.291. The average molecular weight is 172 g/mol. The molecule has 0 aromatic carbocycles. The van der Waals surface area contributed by atoms with Crippen LogP contribution in [0.1, 0.15) is 27.2 Å². The lowest BCUT2D eigenvalue weighted by molar-refractivity contribution is -0.0950. The molecule has 1 aliphatic rings. The van der Waals surface area contributed by atoms with Gasteiger partial charge in [-0.3, -0.25) is 0 Å². The normalized spacial score (nSPS) is 32.0. The van der Waals surface area contributed by atoms with E-state index in [1.54, 1.807) is 7.11 Å². The van der Waals surface area contributed by atoms with Gasteiger partial charge in [-0.1, -0.05) is 20.8 Å². The van der Waals surface area contributed by atoms with Crippen LogP contribution < -0.4 is 0 Å². The molecule has 72 valence electrons. The Hall–Kier alpha value is -0.0800. The molecular weight excluding hydrogens is 152 g/mol. The van der Waals surface area contributed by atoms with Crippen LogP contribution in [0.3, 0.4) is 0 Å². The maximum Gasteiger partial charge on any atom is 0.0838 e. The van der Waals surface area contributed by atoms with E-state index in [1.165, 1.54) is 0 Å². The molecule has 1 fully saturated rings. The second-order valence-corrected chi connectivity index (χ2v) is 4.61. The topological polar surface area (TPSA) is 18.5 Å². The van der Waals surface area contributed by atoms with Gasteiger partial charge in [0.15, 0.2) is 0 Å². The Labute approximate surface area is 75.2 Å². The molecule has 0 aliphatic carbocycles. The van der Waals surface area contributed by atoms with E-state index in [0.29, 0.717) is 17.4 Å². The quantitative estimate of drug-likeness (QED) is 0.603. The van der Waals surface area contributed by atoms with Crippen molar-refractivity contribution in [1.82, 2.24) is 0 Å². The first-order valence-electron chi connectivity index (χ1n) is 4.66. The number of hydrogen-bond donors (Lipinski definition) is 0. The number of hydrogen-bond acceptors (Lipinski definition) is 2. The number of methoxy groups -OCH3 is 1. The zero-order valence-corrected chi connectivity index (χ0v) is 8.59. The minimum absolute atomic E-state index is 0.291. The summed E-state index contributed by atoms with van der Waals surface area (Å²) in [6, 6.07) is 0. The van der Waals surface area contributed by atoms with Crippen LogP contribution in [0.4, 0.5) is 0 Å². The van der Waals surface area contributed by atoms with E-state index in [4.69, 9.17) is 9.47 Å². The fourth-order valence-corrected chi connectivity index (χ4v) is 1.93. The predicted octanol–water partition coefficient (Wildman–Crippen LogP) is 2.08. The third-order valence-electron chi connectivity index (χ3n) is 2.72. The molecule has 0 aromatic rings. The second kappa shape index (κ2) is 3.75. The molecular formula is C10H20O2. The van der Waals surface area contributed by atoms with Crippen molar-refractivity contribution in [3.05, 3.63) is 0 Å². The molecule has 0 spiro atoms. The SMILES string of the molecule is CO[C@@H]1COCCC1C(C)(C)C. The van der Waals surface area contributed by atoms with Crippen LogP contribution in [0.15, 0.2) is 0 Å². The van der Waals surface area contributed by atoms with Crippen molar-refractivity contribution in [3.8, 4) is 0 Å². The smallest absolute Gasteiger partial charge is 0.0838 e. The Balaban J connectivity index is 2.59. The molecule has 1 unspecified atom stereocenters. The van der Waals surface area contributed by atoms with Gasteiger partial charge in [0.05, 0.1) is 12.7 Å². The maximum absolute atomic E-state index is 5.41. The van der Waals surface area contributed by atoms with Gasteiger partial charge >= 0.3 is 0 Å². The molecule has 0 bridgehead atoms. The molecule has 0 radical (unpaired) electrons. The monoisotopic (exact) mass is 172 g/mol. The predicted molar refractivity (Wildman–Crippen MR) is 49.2 cm³/mol. The molecule has 1 heterocycles. The summed E-state index contributed by atoms with van der Waals surface area (Å²) in [4.78, 5) is 0. The van der Waals surface area contributed by atoms with Gasteiger partial charge in [0.1, 0.15) is 0 Å². The van der Waals surface area contributed by atoms with Crippen LogP contribution in [0.2, 0.25) is 0 Å². The zero-order valence-electron chi connectivity index (χ0n) is 8.59. The Morgan fingerprint density at radius 2 is 2.00 bits per heavy atom. The summed E-state index contributed by atoms with van der Waals surface area (Å²) in [6.07, 6.45) is 1.42. The fourth-order valence-electron chi connectivity index (χ4n) is 1.93. The minimum Gasteiger partial charge on any atom is -0.379 e. The molecule has 2 nitrogen and oxygen atoms in total. The van der Waals surface area contributed by atoms with Gasteiger partial charge in [0.25, 0.3) is 0 Å². The van der Waals surface area contributed by atoms with Crippen LogP contribution >= 0.6 is 0 Å². The van der Waals surface area contributed by atoms with Crippen LogP contribution in [-0.4, -0.2) is 26.4 Å². The average Bonchev–Trinajstić information content (AvgIpc) is 2.03. The Morgan fingerprint density at radius 3 is 2.42 bits per heavy atom. The van der Waals surface area contributed by atoms with Gasteiger partial charge < -0.3 is 9.47 Å². The van der Waals surface area contributed by atoms with Crippen molar-refractivity contribution in [2.75, 3.05) is 20.3 Å². The fraction of sp³-hybridized carbons (Fsp3) is 1.00. The van der Waals surface area contributed by atoms with Gasteiger partial charge in [-0.05, 0) is 17.8 Å². The summed E-state index contributed by atoms with van der Waals surface area (Å²) in [5, 5.41) is 0. The van der Waals surface area contributed by atoms with E-state index in [0.717, 1.165) is 19.6 Å². The number of ether oxygens (including phenoxy) is 2. The summed E-state index contributed by atoms with van der Waals surface area (Å²) in [5.41, 5.74) is 0.338. The van der Waals surface area contributed by atoms with Crippen molar-refractivity contribution in [2.24, 2.45) is 11.3 Å². The third-order valence-corrected chi connectivity index (χ3v) is 2.72. The molecule has 1 saturated heterocycles. The highest BCUT2D eigenvalue weighted by molar-refractivity contribution is 4.83. The summed E-state index contributed by atoms with van der Waals surface area (Å²) >= 11 is 0. The maximum atomic E-state index is 5.41. The molecule has 0 N–H and O–H groups in total. The van der Waals surface area contributed by atoms with Gasteiger partial charge in [-0.25, -0.2) is 0 Å². The molecule has 0 saturated carbocycles. The van der Waals surface area contributed by atoms with Crippen molar-refractivity contribution >= 4 is 0 Å². The first-order chi connectivity index (χ1) is 5.55. The molecule has 0 aromatic heterocycles. The van der Waals surface area contributed by atoms with E-state index >= 15 is 0 Å². The van der Waals surface area contributed by atoms with Crippen LogP contribution in [-0.2, 0) is 9.47 Å². The van der Waals surface area contributed by atoms with E-state index in [1.807, 2.05) is 0 Å². The molecule has 2 heteroatoms. The molecule has 1 aliphatic heterocycles. The molecule has 12 heavy (non-hydrogen) atoms. The Morgan fingerprint density at radius 1 is 1.33 bits per heavy atom. The highest BCUT2D eigenvalue weighted by atomic mass is 16.5. The van der Waals surface area contributed by atoms with Crippen LogP contribution in [0.5, 0.6) is 0 Å².